The number of hydrogen-bond donors (Lipinski definition) is 1. The molecule has 0 aliphatic heterocycles. The molecule has 0 heterocycles. The van der Waals surface area contributed by atoms with Gasteiger partial charge in [-0.15, -0.1) is 0 Å². The van der Waals surface area contributed by atoms with E-state index in [1.807, 2.05) is 6.92 Å². The predicted molar refractivity (Wildman–Crippen MR) is 83.4 cm³/mol. The van der Waals surface area contributed by atoms with E-state index in [2.05, 4.69) is 45.9 Å². The summed E-state index contributed by atoms with van der Waals surface area (Å²) in [5.74, 6) is 0.622. The molecule has 19 heavy (non-hydrogen) atoms. The first-order chi connectivity index (χ1) is 8.90. The van der Waals surface area contributed by atoms with E-state index in [0.29, 0.717) is 5.92 Å². The highest BCUT2D eigenvalue weighted by Gasteiger charge is 2.26. The van der Waals surface area contributed by atoms with Crippen LogP contribution in [0.4, 0.5) is 0 Å². The third-order valence-electron chi connectivity index (χ3n) is 4.36. The van der Waals surface area contributed by atoms with Gasteiger partial charge in [0, 0.05) is 0 Å². The first-order valence-electron chi connectivity index (χ1n) is 7.70. The van der Waals surface area contributed by atoms with E-state index in [1.54, 1.807) is 0 Å². The van der Waals surface area contributed by atoms with Crippen LogP contribution in [-0.4, -0.2) is 5.11 Å². The number of aliphatic hydroxyl groups is 1. The van der Waals surface area contributed by atoms with Crippen molar-refractivity contribution in [1.82, 2.24) is 0 Å². The molecule has 1 nitrogen and oxygen atoms in total. The molecule has 1 rings (SSSR count). The summed E-state index contributed by atoms with van der Waals surface area (Å²) in [7, 11) is 0. The van der Waals surface area contributed by atoms with Gasteiger partial charge in [0.1, 0.15) is 0 Å². The maximum absolute atomic E-state index is 10.8. The quantitative estimate of drug-likeness (QED) is 0.723. The molecular formula is C18H30O. The first kappa shape index (κ1) is 16.2. The zero-order chi connectivity index (χ0) is 14.5. The molecule has 0 spiro atoms. The Kier molecular flexibility index (Phi) is 6.06. The summed E-state index contributed by atoms with van der Waals surface area (Å²) < 4.78 is 0. The summed E-state index contributed by atoms with van der Waals surface area (Å²) in [6, 6.07) is 6.34. The van der Waals surface area contributed by atoms with E-state index in [4.69, 9.17) is 0 Å². The Morgan fingerprint density at radius 2 is 1.84 bits per heavy atom. The van der Waals surface area contributed by atoms with E-state index in [9.17, 15) is 5.11 Å². The number of unbranched alkanes of at least 4 members (excludes halogenated alkanes) is 1. The molecule has 0 aromatic heterocycles. The van der Waals surface area contributed by atoms with Crippen molar-refractivity contribution >= 4 is 0 Å². The maximum Gasteiger partial charge on any atom is 0.0871 e. The summed E-state index contributed by atoms with van der Waals surface area (Å²) in [6.07, 6.45) is 5.75. The van der Waals surface area contributed by atoms with Crippen LogP contribution in [0, 0.1) is 19.8 Å². The van der Waals surface area contributed by atoms with Crippen LogP contribution in [0.1, 0.15) is 69.6 Å². The Hall–Kier alpha value is -0.820. The number of aryl methyl sites for hydroxylation is 2. The van der Waals surface area contributed by atoms with Crippen molar-refractivity contribution in [2.45, 2.75) is 72.3 Å². The lowest BCUT2D eigenvalue weighted by Crippen LogP contribution is -2.25. The highest BCUT2D eigenvalue weighted by atomic mass is 16.3. The molecule has 1 aromatic rings. The van der Waals surface area contributed by atoms with Crippen molar-refractivity contribution in [3.05, 3.63) is 34.9 Å². The van der Waals surface area contributed by atoms with Gasteiger partial charge in [0.25, 0.3) is 0 Å². The molecule has 1 heteroatoms. The van der Waals surface area contributed by atoms with Gasteiger partial charge in [-0.3, -0.25) is 0 Å². The average Bonchev–Trinajstić information content (AvgIpc) is 2.37. The second-order valence-electron chi connectivity index (χ2n) is 6.19. The molecule has 0 aliphatic carbocycles. The van der Waals surface area contributed by atoms with Crippen LogP contribution in [0.3, 0.4) is 0 Å². The van der Waals surface area contributed by atoms with Crippen molar-refractivity contribution in [3.63, 3.8) is 0 Å². The van der Waals surface area contributed by atoms with Gasteiger partial charge < -0.3 is 5.11 Å². The maximum atomic E-state index is 10.8. The second-order valence-corrected chi connectivity index (χ2v) is 6.19. The fraction of sp³-hybridized carbons (Fsp3) is 0.667. The van der Waals surface area contributed by atoms with Crippen LogP contribution in [0.25, 0.3) is 0 Å². The van der Waals surface area contributed by atoms with Crippen molar-refractivity contribution < 1.29 is 5.11 Å². The molecule has 108 valence electrons. The highest BCUT2D eigenvalue weighted by molar-refractivity contribution is 5.32. The van der Waals surface area contributed by atoms with Gasteiger partial charge in [-0.2, -0.15) is 0 Å². The molecule has 0 bridgehead atoms. The molecule has 0 radical (unpaired) electrons. The van der Waals surface area contributed by atoms with E-state index >= 15 is 0 Å². The minimum atomic E-state index is -0.702. The molecule has 0 saturated heterocycles. The largest absolute Gasteiger partial charge is 0.385 e. The Bertz CT molecular complexity index is 393. The third kappa shape index (κ3) is 4.65. The first-order valence-corrected chi connectivity index (χ1v) is 7.70. The van der Waals surface area contributed by atoms with Crippen LogP contribution in [-0.2, 0) is 5.60 Å². The smallest absolute Gasteiger partial charge is 0.0871 e. The Morgan fingerprint density at radius 1 is 1.16 bits per heavy atom. The van der Waals surface area contributed by atoms with E-state index < -0.39 is 5.60 Å². The zero-order valence-electron chi connectivity index (χ0n) is 13.3. The van der Waals surface area contributed by atoms with Crippen molar-refractivity contribution in [2.24, 2.45) is 5.92 Å². The predicted octanol–water partition coefficient (Wildman–Crippen LogP) is 5.12. The Labute approximate surface area is 119 Å². The average molecular weight is 262 g/mol. The summed E-state index contributed by atoms with van der Waals surface area (Å²) in [4.78, 5) is 0. The van der Waals surface area contributed by atoms with Crippen LogP contribution in [0.5, 0.6) is 0 Å². The van der Waals surface area contributed by atoms with Crippen molar-refractivity contribution in [2.75, 3.05) is 0 Å². The van der Waals surface area contributed by atoms with Gasteiger partial charge in [0.2, 0.25) is 0 Å². The minimum absolute atomic E-state index is 0.622. The number of benzene rings is 1. The van der Waals surface area contributed by atoms with E-state index in [-0.39, 0.29) is 0 Å². The molecule has 1 aromatic carbocycles. The van der Waals surface area contributed by atoms with Crippen LogP contribution >= 0.6 is 0 Å². The van der Waals surface area contributed by atoms with Crippen LogP contribution < -0.4 is 0 Å². The van der Waals surface area contributed by atoms with Crippen LogP contribution in [0.15, 0.2) is 18.2 Å². The molecule has 0 saturated carbocycles. The topological polar surface area (TPSA) is 20.2 Å². The van der Waals surface area contributed by atoms with Gasteiger partial charge in [-0.1, -0.05) is 57.7 Å². The summed E-state index contributed by atoms with van der Waals surface area (Å²) >= 11 is 0. The number of rotatable bonds is 7. The van der Waals surface area contributed by atoms with Crippen molar-refractivity contribution in [1.29, 1.82) is 0 Å². The zero-order valence-corrected chi connectivity index (χ0v) is 13.3. The lowest BCUT2D eigenvalue weighted by Gasteiger charge is -2.29. The normalized spacial score (nSPS) is 16.1. The fourth-order valence-corrected chi connectivity index (χ4v) is 2.70. The van der Waals surface area contributed by atoms with Gasteiger partial charge in [-0.05, 0) is 49.8 Å². The molecule has 0 amide bonds. The Morgan fingerprint density at radius 3 is 2.37 bits per heavy atom. The highest BCUT2D eigenvalue weighted by Crippen LogP contribution is 2.32. The molecule has 0 aliphatic rings. The SMILES string of the molecule is CCCCC(CC)CC(C)(O)c1ccc(C)c(C)c1. The van der Waals surface area contributed by atoms with E-state index in [0.717, 1.165) is 18.4 Å². The van der Waals surface area contributed by atoms with Crippen LogP contribution in [0.2, 0.25) is 0 Å². The Balaban J connectivity index is 2.80. The molecule has 2 atom stereocenters. The second kappa shape index (κ2) is 7.09. The van der Waals surface area contributed by atoms with Crippen molar-refractivity contribution in [3.8, 4) is 0 Å². The van der Waals surface area contributed by atoms with E-state index in [1.165, 1.54) is 30.4 Å². The lowest BCUT2D eigenvalue weighted by molar-refractivity contribution is 0.0274. The summed E-state index contributed by atoms with van der Waals surface area (Å²) in [6.45, 7) is 10.7. The lowest BCUT2D eigenvalue weighted by atomic mass is 9.82. The number of hydrogen-bond acceptors (Lipinski definition) is 1. The molecular weight excluding hydrogens is 232 g/mol. The molecule has 0 fully saturated rings. The van der Waals surface area contributed by atoms with Gasteiger partial charge >= 0.3 is 0 Å². The summed E-state index contributed by atoms with van der Waals surface area (Å²) in [5, 5.41) is 10.8. The van der Waals surface area contributed by atoms with Gasteiger partial charge in [0.15, 0.2) is 0 Å². The van der Waals surface area contributed by atoms with Gasteiger partial charge in [0.05, 0.1) is 5.60 Å². The van der Waals surface area contributed by atoms with Gasteiger partial charge in [-0.25, -0.2) is 0 Å². The standard InChI is InChI=1S/C18H30O/c1-6-8-9-16(7-2)13-18(5,19)17-11-10-14(3)15(4)12-17/h10-12,16,19H,6-9,13H2,1-5H3. The summed E-state index contributed by atoms with van der Waals surface area (Å²) in [5.41, 5.74) is 2.91. The third-order valence-corrected chi connectivity index (χ3v) is 4.36. The fourth-order valence-electron chi connectivity index (χ4n) is 2.70. The minimum Gasteiger partial charge on any atom is -0.385 e. The molecule has 2 unspecified atom stereocenters. The monoisotopic (exact) mass is 262 g/mol. The molecule has 1 N–H and O–H groups in total.